The van der Waals surface area contributed by atoms with Gasteiger partial charge in [0.2, 0.25) is 5.91 Å². The summed E-state index contributed by atoms with van der Waals surface area (Å²) in [6.07, 6.45) is 1.96. The highest BCUT2D eigenvalue weighted by Crippen LogP contribution is 2.25. The summed E-state index contributed by atoms with van der Waals surface area (Å²) in [4.78, 5) is 23.6. The maximum absolute atomic E-state index is 12.6. The molecule has 0 atom stereocenters. The van der Waals surface area contributed by atoms with Crippen LogP contribution in [0.1, 0.15) is 37.0 Å². The van der Waals surface area contributed by atoms with Crippen LogP contribution < -0.4 is 15.4 Å². The van der Waals surface area contributed by atoms with E-state index in [0.717, 1.165) is 17.3 Å². The monoisotopic (exact) mass is 404 g/mol. The molecule has 0 aliphatic heterocycles. The Kier molecular flexibility index (Phi) is 7.01. The van der Waals surface area contributed by atoms with Gasteiger partial charge in [-0.15, -0.1) is 0 Å². The summed E-state index contributed by atoms with van der Waals surface area (Å²) in [5.74, 6) is 0.170. The third kappa shape index (κ3) is 5.90. The fraction of sp³-hybridized carbons (Fsp3) is 0.263. The number of halogens is 1. The molecule has 6 heteroatoms. The van der Waals surface area contributed by atoms with E-state index in [9.17, 15) is 9.59 Å². The van der Waals surface area contributed by atoms with E-state index in [2.05, 4.69) is 33.5 Å². The fourth-order valence-corrected chi connectivity index (χ4v) is 2.53. The largest absolute Gasteiger partial charge is 0.493 e. The van der Waals surface area contributed by atoms with Gasteiger partial charge in [0.25, 0.3) is 5.91 Å². The number of rotatable bonds is 7. The number of hydrogen-bond donors (Lipinski definition) is 2. The van der Waals surface area contributed by atoms with Crippen molar-refractivity contribution < 1.29 is 14.3 Å². The summed E-state index contributed by atoms with van der Waals surface area (Å²) >= 11 is 3.39. The lowest BCUT2D eigenvalue weighted by Crippen LogP contribution is -2.14. The number of nitrogens with one attached hydrogen (secondary N) is 2. The quantitative estimate of drug-likeness (QED) is 0.648. The Morgan fingerprint density at radius 2 is 1.68 bits per heavy atom. The predicted octanol–water partition coefficient (Wildman–Crippen LogP) is 4.84. The lowest BCUT2D eigenvalue weighted by Gasteiger charge is -2.12. The molecule has 0 saturated carbocycles. The highest BCUT2D eigenvalue weighted by molar-refractivity contribution is 9.10. The number of carbonyl (C=O) groups excluding carboxylic acids is 2. The van der Waals surface area contributed by atoms with E-state index in [1.165, 1.54) is 6.92 Å². The van der Waals surface area contributed by atoms with Crippen LogP contribution in [0, 0.1) is 0 Å². The summed E-state index contributed by atoms with van der Waals surface area (Å²) in [6, 6.07) is 12.3. The number of benzene rings is 2. The first kappa shape index (κ1) is 19.0. The van der Waals surface area contributed by atoms with Gasteiger partial charge in [0, 0.05) is 22.8 Å². The molecule has 0 aliphatic carbocycles. The van der Waals surface area contributed by atoms with Crippen molar-refractivity contribution in [2.24, 2.45) is 0 Å². The molecule has 2 rings (SSSR count). The first-order chi connectivity index (χ1) is 12.0. The first-order valence-electron chi connectivity index (χ1n) is 8.11. The van der Waals surface area contributed by atoms with Crippen molar-refractivity contribution in [2.75, 3.05) is 17.2 Å². The molecule has 0 spiro atoms. The minimum atomic E-state index is -0.250. The summed E-state index contributed by atoms with van der Waals surface area (Å²) in [5, 5.41) is 5.53. The topological polar surface area (TPSA) is 67.4 Å². The lowest BCUT2D eigenvalue weighted by atomic mass is 10.1. The number of ether oxygens (including phenoxy) is 1. The molecule has 5 nitrogen and oxygen atoms in total. The second-order valence-electron chi connectivity index (χ2n) is 5.56. The summed E-state index contributed by atoms with van der Waals surface area (Å²) in [5.41, 5.74) is 1.78. The molecule has 2 amide bonds. The van der Waals surface area contributed by atoms with E-state index in [0.29, 0.717) is 29.3 Å². The van der Waals surface area contributed by atoms with Gasteiger partial charge in [0.15, 0.2) is 0 Å². The average Bonchev–Trinajstić information content (AvgIpc) is 2.57. The molecule has 2 aromatic rings. The zero-order chi connectivity index (χ0) is 18.2. The van der Waals surface area contributed by atoms with Crippen LogP contribution in [0.3, 0.4) is 0 Å². The van der Waals surface area contributed by atoms with Gasteiger partial charge in [-0.25, -0.2) is 0 Å². The van der Waals surface area contributed by atoms with Crippen molar-refractivity contribution in [3.63, 3.8) is 0 Å². The Bertz CT molecular complexity index is 745. The molecule has 0 aromatic heterocycles. The second kappa shape index (κ2) is 9.22. The SMILES string of the molecule is CCCCOc1ccc(Br)cc1C(=O)Nc1ccc(NC(C)=O)cc1. The predicted molar refractivity (Wildman–Crippen MR) is 103 cm³/mol. The molecule has 2 N–H and O–H groups in total. The minimum absolute atomic E-state index is 0.139. The minimum Gasteiger partial charge on any atom is -0.493 e. The highest BCUT2D eigenvalue weighted by Gasteiger charge is 2.14. The summed E-state index contributed by atoms with van der Waals surface area (Å²) < 4.78 is 6.53. The number of hydrogen-bond acceptors (Lipinski definition) is 3. The van der Waals surface area contributed by atoms with Crippen molar-refractivity contribution in [2.45, 2.75) is 26.7 Å². The highest BCUT2D eigenvalue weighted by atomic mass is 79.9. The number of amides is 2. The maximum atomic E-state index is 12.6. The van der Waals surface area contributed by atoms with Crippen molar-refractivity contribution >= 4 is 39.1 Å². The molecule has 0 fully saturated rings. The first-order valence-corrected chi connectivity index (χ1v) is 8.90. The van der Waals surface area contributed by atoms with E-state index in [1.807, 2.05) is 6.07 Å². The van der Waals surface area contributed by atoms with Crippen molar-refractivity contribution in [1.82, 2.24) is 0 Å². The van der Waals surface area contributed by atoms with E-state index < -0.39 is 0 Å². The zero-order valence-corrected chi connectivity index (χ0v) is 15.9. The molecule has 25 heavy (non-hydrogen) atoms. The van der Waals surface area contributed by atoms with Gasteiger partial charge in [-0.2, -0.15) is 0 Å². The van der Waals surface area contributed by atoms with Crippen LogP contribution in [0.5, 0.6) is 5.75 Å². The van der Waals surface area contributed by atoms with Crippen LogP contribution in [-0.2, 0) is 4.79 Å². The van der Waals surface area contributed by atoms with Gasteiger partial charge in [0.05, 0.1) is 12.2 Å². The van der Waals surface area contributed by atoms with Crippen LogP contribution in [-0.4, -0.2) is 18.4 Å². The standard InChI is InChI=1S/C19H21BrN2O3/c1-3-4-11-25-18-10-5-14(20)12-17(18)19(24)22-16-8-6-15(7-9-16)21-13(2)23/h5-10,12H,3-4,11H2,1-2H3,(H,21,23)(H,22,24). The van der Waals surface area contributed by atoms with Crippen LogP contribution in [0.2, 0.25) is 0 Å². The van der Waals surface area contributed by atoms with Crippen LogP contribution in [0.25, 0.3) is 0 Å². The molecule has 0 bridgehead atoms. The molecule has 0 unspecified atom stereocenters. The summed E-state index contributed by atoms with van der Waals surface area (Å²) in [6.45, 7) is 4.11. The van der Waals surface area contributed by atoms with E-state index in [4.69, 9.17) is 4.74 Å². The van der Waals surface area contributed by atoms with E-state index in [-0.39, 0.29) is 11.8 Å². The Morgan fingerprint density at radius 1 is 1.04 bits per heavy atom. The third-order valence-electron chi connectivity index (χ3n) is 3.40. The van der Waals surface area contributed by atoms with Crippen molar-refractivity contribution in [3.05, 3.63) is 52.5 Å². The molecule has 132 valence electrons. The van der Waals surface area contributed by atoms with Crippen LogP contribution >= 0.6 is 15.9 Å². The van der Waals surface area contributed by atoms with Crippen molar-refractivity contribution in [1.29, 1.82) is 0 Å². The van der Waals surface area contributed by atoms with E-state index in [1.54, 1.807) is 36.4 Å². The molecule has 0 saturated heterocycles. The van der Waals surface area contributed by atoms with E-state index >= 15 is 0 Å². The molecular weight excluding hydrogens is 384 g/mol. The van der Waals surface area contributed by atoms with Gasteiger partial charge in [-0.05, 0) is 48.9 Å². The van der Waals surface area contributed by atoms with Gasteiger partial charge in [-0.3, -0.25) is 9.59 Å². The number of carbonyl (C=O) groups is 2. The van der Waals surface area contributed by atoms with Gasteiger partial charge >= 0.3 is 0 Å². The Labute approximate surface area is 155 Å². The van der Waals surface area contributed by atoms with Crippen molar-refractivity contribution in [3.8, 4) is 5.75 Å². The normalized spacial score (nSPS) is 10.2. The summed E-state index contributed by atoms with van der Waals surface area (Å²) in [7, 11) is 0. The molecular formula is C19H21BrN2O3. The molecule has 0 heterocycles. The molecule has 0 radical (unpaired) electrons. The van der Waals surface area contributed by atoms with Gasteiger partial charge < -0.3 is 15.4 Å². The smallest absolute Gasteiger partial charge is 0.259 e. The fourth-order valence-electron chi connectivity index (χ4n) is 2.17. The van der Waals surface area contributed by atoms with Crippen LogP contribution in [0.4, 0.5) is 11.4 Å². The average molecular weight is 405 g/mol. The van der Waals surface area contributed by atoms with Crippen LogP contribution in [0.15, 0.2) is 46.9 Å². The second-order valence-corrected chi connectivity index (χ2v) is 6.47. The Morgan fingerprint density at radius 3 is 2.28 bits per heavy atom. The molecule has 2 aromatic carbocycles. The Balaban J connectivity index is 2.11. The zero-order valence-electron chi connectivity index (χ0n) is 14.3. The lowest BCUT2D eigenvalue weighted by molar-refractivity contribution is -0.114. The third-order valence-corrected chi connectivity index (χ3v) is 3.90. The number of anilines is 2. The Hall–Kier alpha value is -2.34. The maximum Gasteiger partial charge on any atom is 0.259 e. The molecule has 0 aliphatic rings. The van der Waals surface area contributed by atoms with Gasteiger partial charge in [0.1, 0.15) is 5.75 Å². The number of unbranched alkanes of at least 4 members (excludes halogenated alkanes) is 1. The van der Waals surface area contributed by atoms with Gasteiger partial charge in [-0.1, -0.05) is 29.3 Å².